The predicted molar refractivity (Wildman–Crippen MR) is 59.2 cm³/mol. The number of unbranched alkanes of at least 4 members (excludes halogenated alkanes) is 4. The topological polar surface area (TPSA) is 26.3 Å². The van der Waals surface area contributed by atoms with E-state index >= 15 is 0 Å². The second-order valence-electron chi connectivity index (χ2n) is 3.87. The van der Waals surface area contributed by atoms with Gasteiger partial charge in [-0.05, 0) is 19.8 Å². The second kappa shape index (κ2) is 9.04. The minimum Gasteiger partial charge on any atom is -0.463 e. The fraction of sp³-hybridized carbons (Fsp3) is 0.917. The Morgan fingerprint density at radius 1 is 1.14 bits per heavy atom. The summed E-state index contributed by atoms with van der Waals surface area (Å²) in [5.41, 5.74) is 0. The third-order valence-corrected chi connectivity index (χ3v) is 2.39. The first-order valence-electron chi connectivity index (χ1n) is 5.90. The normalized spacial score (nSPS) is 12.5. The Balaban J connectivity index is 3.27. The lowest BCUT2D eigenvalue weighted by atomic mass is 10.1. The molecule has 0 heterocycles. The van der Waals surface area contributed by atoms with Gasteiger partial charge in [-0.2, -0.15) is 0 Å². The Labute approximate surface area is 88.0 Å². The molecule has 0 aromatic rings. The highest BCUT2D eigenvalue weighted by molar-refractivity contribution is 5.69. The van der Waals surface area contributed by atoms with Gasteiger partial charge in [0.1, 0.15) is 0 Å². The summed E-state index contributed by atoms with van der Waals surface area (Å²) in [7, 11) is 0. The SMILES string of the molecule is CCCCCCCC(=O)O[C@H](C)CC. The zero-order chi connectivity index (χ0) is 10.8. The molecule has 0 unspecified atom stereocenters. The molecule has 0 aliphatic rings. The van der Waals surface area contributed by atoms with E-state index in [1.807, 2.05) is 13.8 Å². The minimum absolute atomic E-state index is 0.0316. The molecule has 0 saturated carbocycles. The van der Waals surface area contributed by atoms with Crippen molar-refractivity contribution in [3.63, 3.8) is 0 Å². The first-order chi connectivity index (χ1) is 6.70. The molecule has 84 valence electrons. The molecule has 0 aliphatic heterocycles. The highest BCUT2D eigenvalue weighted by Gasteiger charge is 2.06. The fourth-order valence-corrected chi connectivity index (χ4v) is 1.24. The van der Waals surface area contributed by atoms with Crippen LogP contribution >= 0.6 is 0 Å². The lowest BCUT2D eigenvalue weighted by Gasteiger charge is -2.10. The molecule has 0 aromatic carbocycles. The summed E-state index contributed by atoms with van der Waals surface area (Å²) in [6.07, 6.45) is 7.48. The van der Waals surface area contributed by atoms with Gasteiger partial charge >= 0.3 is 5.97 Å². The van der Waals surface area contributed by atoms with E-state index in [0.717, 1.165) is 19.3 Å². The van der Waals surface area contributed by atoms with Crippen LogP contribution in [0, 0.1) is 0 Å². The van der Waals surface area contributed by atoms with E-state index in [0.29, 0.717) is 6.42 Å². The van der Waals surface area contributed by atoms with Crippen LogP contribution in [0.5, 0.6) is 0 Å². The molecule has 0 radical (unpaired) electrons. The van der Waals surface area contributed by atoms with Crippen molar-refractivity contribution in [3.05, 3.63) is 0 Å². The molecule has 2 heteroatoms. The summed E-state index contributed by atoms with van der Waals surface area (Å²) in [6.45, 7) is 6.16. The Bertz CT molecular complexity index is 143. The third kappa shape index (κ3) is 8.09. The quantitative estimate of drug-likeness (QED) is 0.441. The van der Waals surface area contributed by atoms with E-state index in [-0.39, 0.29) is 12.1 Å². The number of rotatable bonds is 8. The summed E-state index contributed by atoms with van der Waals surface area (Å²) in [5, 5.41) is 0. The van der Waals surface area contributed by atoms with Crippen molar-refractivity contribution >= 4 is 5.97 Å². The molecule has 0 fully saturated rings. The average molecular weight is 200 g/mol. The Morgan fingerprint density at radius 2 is 1.79 bits per heavy atom. The maximum atomic E-state index is 11.2. The molecule has 0 amide bonds. The molecular weight excluding hydrogens is 176 g/mol. The maximum Gasteiger partial charge on any atom is 0.306 e. The van der Waals surface area contributed by atoms with Gasteiger partial charge in [-0.15, -0.1) is 0 Å². The van der Waals surface area contributed by atoms with Gasteiger partial charge in [0.2, 0.25) is 0 Å². The van der Waals surface area contributed by atoms with E-state index in [4.69, 9.17) is 4.74 Å². The van der Waals surface area contributed by atoms with Crippen molar-refractivity contribution in [2.24, 2.45) is 0 Å². The number of esters is 1. The van der Waals surface area contributed by atoms with Crippen molar-refractivity contribution < 1.29 is 9.53 Å². The van der Waals surface area contributed by atoms with Crippen LogP contribution in [0.4, 0.5) is 0 Å². The largest absolute Gasteiger partial charge is 0.463 e. The summed E-state index contributed by atoms with van der Waals surface area (Å²) in [6, 6.07) is 0. The highest BCUT2D eigenvalue weighted by Crippen LogP contribution is 2.07. The standard InChI is InChI=1S/C12H24O2/c1-4-6-7-8-9-10-12(13)14-11(3)5-2/h11H,4-10H2,1-3H3/t11-/m1/s1. The van der Waals surface area contributed by atoms with Crippen molar-refractivity contribution in [1.82, 2.24) is 0 Å². The first-order valence-corrected chi connectivity index (χ1v) is 5.90. The molecule has 0 N–H and O–H groups in total. The van der Waals surface area contributed by atoms with E-state index in [1.54, 1.807) is 0 Å². The first kappa shape index (κ1) is 13.5. The van der Waals surface area contributed by atoms with Gasteiger partial charge in [0.25, 0.3) is 0 Å². The summed E-state index contributed by atoms with van der Waals surface area (Å²) < 4.78 is 5.17. The Morgan fingerprint density at radius 3 is 2.36 bits per heavy atom. The zero-order valence-electron chi connectivity index (χ0n) is 9.84. The molecule has 1 atom stereocenters. The molecule has 0 saturated heterocycles. The van der Waals surface area contributed by atoms with Crippen molar-refractivity contribution in [1.29, 1.82) is 0 Å². The number of carbonyl (C=O) groups excluding carboxylic acids is 1. The van der Waals surface area contributed by atoms with Gasteiger partial charge < -0.3 is 4.74 Å². The maximum absolute atomic E-state index is 11.2. The fourth-order valence-electron chi connectivity index (χ4n) is 1.24. The van der Waals surface area contributed by atoms with Crippen LogP contribution in [0.15, 0.2) is 0 Å². The van der Waals surface area contributed by atoms with Crippen LogP contribution in [-0.4, -0.2) is 12.1 Å². The number of ether oxygens (including phenoxy) is 1. The molecule has 0 aromatic heterocycles. The Hall–Kier alpha value is -0.530. The van der Waals surface area contributed by atoms with E-state index < -0.39 is 0 Å². The van der Waals surface area contributed by atoms with Crippen LogP contribution in [0.25, 0.3) is 0 Å². The van der Waals surface area contributed by atoms with Gasteiger partial charge in [-0.3, -0.25) is 4.79 Å². The molecule has 2 nitrogen and oxygen atoms in total. The van der Waals surface area contributed by atoms with Gasteiger partial charge in [0.05, 0.1) is 6.10 Å². The number of hydrogen-bond donors (Lipinski definition) is 0. The van der Waals surface area contributed by atoms with Gasteiger partial charge in [-0.1, -0.05) is 39.5 Å². The summed E-state index contributed by atoms with van der Waals surface area (Å²) in [5.74, 6) is -0.0316. The van der Waals surface area contributed by atoms with Crippen molar-refractivity contribution in [3.8, 4) is 0 Å². The molecule has 0 spiro atoms. The van der Waals surface area contributed by atoms with Crippen LogP contribution < -0.4 is 0 Å². The molecular formula is C12H24O2. The highest BCUT2D eigenvalue weighted by atomic mass is 16.5. The summed E-state index contributed by atoms with van der Waals surface area (Å²) in [4.78, 5) is 11.2. The van der Waals surface area contributed by atoms with Crippen LogP contribution in [0.1, 0.15) is 65.7 Å². The van der Waals surface area contributed by atoms with Crippen LogP contribution in [-0.2, 0) is 9.53 Å². The average Bonchev–Trinajstić information content (AvgIpc) is 2.17. The predicted octanol–water partition coefficient (Wildman–Crippen LogP) is 3.69. The zero-order valence-corrected chi connectivity index (χ0v) is 9.84. The summed E-state index contributed by atoms with van der Waals surface area (Å²) >= 11 is 0. The number of hydrogen-bond acceptors (Lipinski definition) is 2. The van der Waals surface area contributed by atoms with Crippen molar-refractivity contribution in [2.45, 2.75) is 71.8 Å². The van der Waals surface area contributed by atoms with Gasteiger partial charge in [-0.25, -0.2) is 0 Å². The molecule has 0 bridgehead atoms. The molecule has 0 aliphatic carbocycles. The Kier molecular flexibility index (Phi) is 8.70. The van der Waals surface area contributed by atoms with Gasteiger partial charge in [0.15, 0.2) is 0 Å². The number of carbonyl (C=O) groups is 1. The third-order valence-electron chi connectivity index (χ3n) is 2.39. The van der Waals surface area contributed by atoms with Crippen molar-refractivity contribution in [2.75, 3.05) is 0 Å². The van der Waals surface area contributed by atoms with Gasteiger partial charge in [0, 0.05) is 6.42 Å². The van der Waals surface area contributed by atoms with E-state index in [2.05, 4.69) is 6.92 Å². The van der Waals surface area contributed by atoms with E-state index in [9.17, 15) is 4.79 Å². The lowest BCUT2D eigenvalue weighted by molar-refractivity contribution is -0.148. The van der Waals surface area contributed by atoms with Crippen LogP contribution in [0.2, 0.25) is 0 Å². The second-order valence-corrected chi connectivity index (χ2v) is 3.87. The lowest BCUT2D eigenvalue weighted by Crippen LogP contribution is -2.13. The minimum atomic E-state index is -0.0316. The smallest absolute Gasteiger partial charge is 0.306 e. The monoisotopic (exact) mass is 200 g/mol. The van der Waals surface area contributed by atoms with E-state index in [1.165, 1.54) is 19.3 Å². The molecule has 14 heavy (non-hydrogen) atoms. The van der Waals surface area contributed by atoms with Crippen LogP contribution in [0.3, 0.4) is 0 Å². The molecule has 0 rings (SSSR count).